The van der Waals surface area contributed by atoms with Crippen LogP contribution in [0, 0.1) is 0 Å². The average Bonchev–Trinajstić information content (AvgIpc) is 0.807. The molecule has 43 heteroatoms. The van der Waals surface area contributed by atoms with Gasteiger partial charge < -0.3 is 169 Å². The number of carbonyl (C=O) groups is 9. The van der Waals surface area contributed by atoms with Gasteiger partial charge in [0.25, 0.3) is 0 Å². The van der Waals surface area contributed by atoms with Crippen LogP contribution < -0.4 is 42.5 Å². The molecule has 8 amide bonds. The Morgan fingerprint density at radius 2 is 0.702 bits per heavy atom. The first-order chi connectivity index (χ1) is 54.3. The van der Waals surface area contributed by atoms with Crippen molar-refractivity contribution in [1.29, 1.82) is 0 Å². The zero-order chi connectivity index (χ0) is 84.4. The van der Waals surface area contributed by atoms with E-state index >= 15 is 0 Å². The van der Waals surface area contributed by atoms with Gasteiger partial charge in [-0.25, -0.2) is 0 Å². The normalized spacial score (nSPS) is 24.4. The summed E-state index contributed by atoms with van der Waals surface area (Å²) >= 11 is 0. The van der Waals surface area contributed by atoms with E-state index in [0.717, 1.165) is 0 Å². The summed E-state index contributed by atoms with van der Waals surface area (Å²) in [6.07, 6.45) is -14.0. The molecule has 0 radical (unpaired) electrons. The lowest BCUT2D eigenvalue weighted by molar-refractivity contribution is -0.272. The Labute approximate surface area is 663 Å². The van der Waals surface area contributed by atoms with Crippen molar-refractivity contribution < 1.29 is 170 Å². The number of nitrogens with one attached hydrogen (secondary N) is 8. The number of hydrogen-bond donors (Lipinski definition) is 18. The Kier molecular flexibility index (Phi) is 52.3. The number of aliphatic carboxylic acids is 1. The molecule has 114 heavy (non-hydrogen) atoms. The summed E-state index contributed by atoms with van der Waals surface area (Å²) in [6.45, 7) is 9.45. The van der Waals surface area contributed by atoms with Crippen molar-refractivity contribution in [2.24, 2.45) is 0 Å². The fraction of sp³-hybridized carbons (Fsp3) is 0.873. The summed E-state index contributed by atoms with van der Waals surface area (Å²) in [5.41, 5.74) is -1.71. The second kappa shape index (κ2) is 58.2. The number of rotatable bonds is 64. The summed E-state index contributed by atoms with van der Waals surface area (Å²) in [7, 11) is 0. The number of hydrogen-bond acceptors (Lipinski definition) is 34. The minimum Gasteiger partial charge on any atom is -0.481 e. The van der Waals surface area contributed by atoms with E-state index in [4.69, 9.17) is 75.8 Å². The topological polar surface area (TPSA) is 600 Å². The van der Waals surface area contributed by atoms with Gasteiger partial charge >= 0.3 is 5.97 Å². The van der Waals surface area contributed by atoms with Crippen LogP contribution in [0.15, 0.2) is 0 Å². The third-order valence-corrected chi connectivity index (χ3v) is 17.6. The highest BCUT2D eigenvalue weighted by Gasteiger charge is 2.48. The molecule has 17 atom stereocenters. The molecule has 0 aromatic rings. The molecule has 3 heterocycles. The second-order valence-corrected chi connectivity index (χ2v) is 28.2. The van der Waals surface area contributed by atoms with Crippen LogP contribution in [0.2, 0.25) is 0 Å². The Bertz CT molecular complexity index is 2740. The highest BCUT2D eigenvalue weighted by atomic mass is 16.7. The van der Waals surface area contributed by atoms with Gasteiger partial charge in [0.1, 0.15) is 105 Å². The number of carboxylic acids is 1. The molecule has 18 N–H and O–H groups in total. The molecule has 0 aromatic heterocycles. The lowest BCUT2D eigenvalue weighted by atomic mass is 9.97. The van der Waals surface area contributed by atoms with Crippen molar-refractivity contribution in [2.75, 3.05) is 178 Å². The van der Waals surface area contributed by atoms with E-state index in [0.29, 0.717) is 19.3 Å². The average molecular weight is 1650 g/mol. The van der Waals surface area contributed by atoms with Crippen molar-refractivity contribution in [3.8, 4) is 0 Å². The number of carboxylic acid groups (broad SMARTS) is 1. The smallest absolute Gasteiger partial charge is 0.303 e. The van der Waals surface area contributed by atoms with Crippen LogP contribution in [-0.2, 0) is 119 Å². The molecule has 3 aliphatic rings. The Morgan fingerprint density at radius 1 is 0.386 bits per heavy atom. The first-order valence-corrected chi connectivity index (χ1v) is 38.4. The Hall–Kier alpha value is -5.77. The van der Waals surface area contributed by atoms with E-state index in [1.165, 1.54) is 20.8 Å². The lowest BCUT2D eigenvalue weighted by Gasteiger charge is -2.42. The zero-order valence-electron chi connectivity index (χ0n) is 66.4. The predicted molar refractivity (Wildman–Crippen MR) is 393 cm³/mol. The van der Waals surface area contributed by atoms with Gasteiger partial charge in [-0.2, -0.15) is 0 Å². The fourth-order valence-electron chi connectivity index (χ4n) is 11.4. The fourth-order valence-corrected chi connectivity index (χ4v) is 11.4. The van der Waals surface area contributed by atoms with Crippen LogP contribution in [0.25, 0.3) is 0 Å². The molecule has 0 saturated carbocycles. The molecule has 3 fully saturated rings. The van der Waals surface area contributed by atoms with Gasteiger partial charge in [0.2, 0.25) is 47.3 Å². The van der Waals surface area contributed by atoms with Crippen LogP contribution in [0.3, 0.4) is 0 Å². The molecular formula is C71H128N8O35. The molecule has 1 unspecified atom stereocenters. The van der Waals surface area contributed by atoms with E-state index in [2.05, 4.69) is 42.5 Å². The number of aliphatic hydroxyl groups excluding tert-OH is 9. The van der Waals surface area contributed by atoms with Crippen molar-refractivity contribution >= 4 is 53.2 Å². The molecule has 662 valence electrons. The maximum atomic E-state index is 14.4. The van der Waals surface area contributed by atoms with E-state index < -0.39 is 195 Å². The first-order valence-electron chi connectivity index (χ1n) is 38.4. The number of amides is 8. The van der Waals surface area contributed by atoms with Gasteiger partial charge in [-0.3, -0.25) is 43.2 Å². The van der Waals surface area contributed by atoms with Crippen molar-refractivity contribution in [3.63, 3.8) is 0 Å². The number of unbranched alkanes of at least 4 members (excludes halogenated alkanes) is 2. The molecule has 0 bridgehead atoms. The van der Waals surface area contributed by atoms with Gasteiger partial charge in [-0.05, 0) is 79.1 Å². The third-order valence-electron chi connectivity index (χ3n) is 17.6. The van der Waals surface area contributed by atoms with E-state index in [-0.39, 0.29) is 190 Å². The maximum Gasteiger partial charge on any atom is 0.303 e. The van der Waals surface area contributed by atoms with Gasteiger partial charge in [0.05, 0.1) is 144 Å². The summed E-state index contributed by atoms with van der Waals surface area (Å²) in [5, 5.41) is 121. The lowest BCUT2D eigenvalue weighted by Crippen LogP contribution is -2.64. The summed E-state index contributed by atoms with van der Waals surface area (Å²) in [4.78, 5) is 114. The SMILES string of the molecule is CC(=O)N[C@H]1[C@H](OCCOCCOCCOCC(=O)NCCCC[C@H](NC(=O)COCCOCCOCCO[C@@H]2O[C@H](CO)[C@H](O)[C@H](O)[C@H]2NC(C)=O)C(=O)N[C@@H](CCCCNC(=O)COCCOCCOCCOC2O[C@H](CO)[C@H](O)[C@H](O)[C@H]2NC(C)=O)C(=O)NC(C)(C)CCOC(C)(C)CCC(=O)O)O[C@H](CO)[C@H](O)[C@@H]1O. The Morgan fingerprint density at radius 3 is 1.03 bits per heavy atom. The standard InChI is InChI=1S/C71H128N8O35/c1-44(83)74-56-62(94)59(91)49(38-80)112-67(56)108-35-32-102-23-20-99-26-29-105-41-52(86)72-17-10-8-12-47(77-54(88)43-107-31-28-101-22-25-104-34-37-110-69-58(76-46(3)85)64(96)61(93)51(40-82)114-69)65(97)78-48(66(98)79-70(4,5)16-19-111-71(6,7)15-14-55(89)90)13-9-11-18-73-53(87)42-106-30-27-100-21-24-103-33-36-109-68-57(75-45(2)84)63(95)60(92)50(39-81)113-68/h47-51,56-64,67-69,80-82,91-96H,8-43H2,1-7H3,(H,72,86)(H,73,87)(H,74,83)(H,75,84)(H,76,85)(H,77,88)(H,78,97)(H,79,98)(H,89,90)/t47-,48-,49+,50+,51+,56+,57+,58+,59-,60-,61-,62+,63+,64+,67+,68?,69+/m0/s1. The van der Waals surface area contributed by atoms with Crippen molar-refractivity contribution in [2.45, 2.75) is 221 Å². The maximum absolute atomic E-state index is 14.4. The summed E-state index contributed by atoms with van der Waals surface area (Å²) in [6, 6.07) is -5.72. The zero-order valence-corrected chi connectivity index (χ0v) is 66.4. The summed E-state index contributed by atoms with van der Waals surface area (Å²) in [5.74, 6) is -5.32. The molecule has 3 saturated heterocycles. The minimum absolute atomic E-state index is 0.0260. The molecular weight excluding hydrogens is 1520 g/mol. The molecule has 3 rings (SSSR count). The highest BCUT2D eigenvalue weighted by molar-refractivity contribution is 5.92. The van der Waals surface area contributed by atoms with Crippen LogP contribution in [0.5, 0.6) is 0 Å². The van der Waals surface area contributed by atoms with E-state index in [1.54, 1.807) is 27.7 Å². The van der Waals surface area contributed by atoms with E-state index in [9.17, 15) is 94.2 Å². The number of carbonyl (C=O) groups excluding carboxylic acids is 8. The quantitative estimate of drug-likeness (QED) is 0.0252. The van der Waals surface area contributed by atoms with Crippen LogP contribution >= 0.6 is 0 Å². The summed E-state index contributed by atoms with van der Waals surface area (Å²) < 4.78 is 89.1. The van der Waals surface area contributed by atoms with Crippen LogP contribution in [0.4, 0.5) is 0 Å². The Balaban J connectivity index is 1.54. The van der Waals surface area contributed by atoms with Crippen LogP contribution in [0.1, 0.15) is 106 Å². The molecule has 0 aliphatic carbocycles. The monoisotopic (exact) mass is 1650 g/mol. The highest BCUT2D eigenvalue weighted by Crippen LogP contribution is 2.26. The molecule has 43 nitrogen and oxygen atoms in total. The van der Waals surface area contributed by atoms with Gasteiger partial charge in [0, 0.05) is 52.4 Å². The third kappa shape index (κ3) is 43.1. The van der Waals surface area contributed by atoms with Crippen molar-refractivity contribution in [3.05, 3.63) is 0 Å². The van der Waals surface area contributed by atoms with Gasteiger partial charge in [-0.1, -0.05) is 0 Å². The molecule has 3 aliphatic heterocycles. The van der Waals surface area contributed by atoms with E-state index in [1.807, 2.05) is 0 Å². The van der Waals surface area contributed by atoms with Crippen LogP contribution in [-0.4, -0.2) is 398 Å². The molecule has 0 aromatic carbocycles. The predicted octanol–water partition coefficient (Wildman–Crippen LogP) is -7.50. The second-order valence-electron chi connectivity index (χ2n) is 28.2. The van der Waals surface area contributed by atoms with Gasteiger partial charge in [-0.15, -0.1) is 0 Å². The van der Waals surface area contributed by atoms with Crippen molar-refractivity contribution in [1.82, 2.24) is 42.5 Å². The van der Waals surface area contributed by atoms with Gasteiger partial charge in [0.15, 0.2) is 18.9 Å². The minimum atomic E-state index is -1.48. The number of ether oxygens (including phenoxy) is 16. The first kappa shape index (κ1) is 102. The largest absolute Gasteiger partial charge is 0.481 e. The number of aliphatic hydroxyl groups is 9. The molecule has 0 spiro atoms.